The fourth-order valence-corrected chi connectivity index (χ4v) is 1.44. The van der Waals surface area contributed by atoms with Crippen LogP contribution in [0, 0.1) is 0 Å². The maximum absolute atomic E-state index is 5.88. The molecule has 4 nitrogen and oxygen atoms in total. The Bertz CT molecular complexity index is 441. The van der Waals surface area contributed by atoms with Crippen LogP contribution in [0.2, 0.25) is 10.0 Å². The molecule has 0 saturated heterocycles. The molecule has 2 aromatic rings. The van der Waals surface area contributed by atoms with E-state index >= 15 is 0 Å². The van der Waals surface area contributed by atoms with Gasteiger partial charge in [-0.1, -0.05) is 29.3 Å². The lowest BCUT2D eigenvalue weighted by Crippen LogP contribution is -2.11. The van der Waals surface area contributed by atoms with E-state index in [2.05, 4.69) is 15.6 Å². The molecule has 78 valence electrons. The summed E-state index contributed by atoms with van der Waals surface area (Å²) in [5.41, 5.74) is 4.12. The molecule has 0 amide bonds. The summed E-state index contributed by atoms with van der Waals surface area (Å²) in [4.78, 5) is 0. The Labute approximate surface area is 96.8 Å². The number of rotatable bonds is 3. The van der Waals surface area contributed by atoms with Crippen molar-refractivity contribution in [2.45, 2.75) is 6.54 Å². The molecule has 0 spiro atoms. The van der Waals surface area contributed by atoms with E-state index in [4.69, 9.17) is 23.2 Å². The highest BCUT2D eigenvalue weighted by molar-refractivity contribution is 6.42. The van der Waals surface area contributed by atoms with Gasteiger partial charge in [-0.15, -0.1) is 10.2 Å². The summed E-state index contributed by atoms with van der Waals surface area (Å²) in [7, 11) is 0. The van der Waals surface area contributed by atoms with Crippen LogP contribution < -0.4 is 5.43 Å². The van der Waals surface area contributed by atoms with E-state index in [-0.39, 0.29) is 0 Å². The lowest BCUT2D eigenvalue weighted by molar-refractivity contribution is 0.836. The number of hydrogen-bond donors (Lipinski definition) is 1. The normalized spacial score (nSPS) is 10.3. The highest BCUT2D eigenvalue weighted by Crippen LogP contribution is 2.22. The van der Waals surface area contributed by atoms with Crippen LogP contribution in [-0.2, 0) is 6.54 Å². The van der Waals surface area contributed by atoms with Crippen molar-refractivity contribution in [2.24, 2.45) is 0 Å². The monoisotopic (exact) mass is 242 g/mol. The summed E-state index contributed by atoms with van der Waals surface area (Å²) in [5, 5.41) is 8.45. The maximum Gasteiger partial charge on any atom is 0.138 e. The first kappa shape index (κ1) is 10.3. The summed E-state index contributed by atoms with van der Waals surface area (Å²) in [6.07, 6.45) is 3.16. The van der Waals surface area contributed by atoms with Crippen molar-refractivity contribution in [3.8, 4) is 0 Å². The molecule has 1 aromatic heterocycles. The number of halogens is 2. The molecule has 0 aliphatic rings. The Morgan fingerprint density at radius 2 is 1.87 bits per heavy atom. The number of nitrogens with one attached hydrogen (secondary N) is 1. The zero-order valence-electron chi connectivity index (χ0n) is 7.69. The molecule has 1 heterocycles. The van der Waals surface area contributed by atoms with E-state index in [1.807, 2.05) is 12.1 Å². The van der Waals surface area contributed by atoms with Crippen molar-refractivity contribution in [3.05, 3.63) is 46.5 Å². The van der Waals surface area contributed by atoms with Gasteiger partial charge in [0.2, 0.25) is 0 Å². The van der Waals surface area contributed by atoms with Gasteiger partial charge in [0.1, 0.15) is 12.7 Å². The predicted molar refractivity (Wildman–Crippen MR) is 59.5 cm³/mol. The molecule has 1 aromatic carbocycles. The van der Waals surface area contributed by atoms with Crippen molar-refractivity contribution in [1.29, 1.82) is 0 Å². The van der Waals surface area contributed by atoms with Crippen LogP contribution in [0.5, 0.6) is 0 Å². The smallest absolute Gasteiger partial charge is 0.138 e. The zero-order valence-corrected chi connectivity index (χ0v) is 9.20. The van der Waals surface area contributed by atoms with Gasteiger partial charge in [-0.25, -0.2) is 4.68 Å². The molecular formula is C9H8Cl2N4. The standard InChI is InChI=1S/C9H8Cl2N4/c10-8-2-1-7(3-9(8)11)4-14-15-5-12-13-6-15/h1-3,5-6,14H,4H2. The predicted octanol–water partition coefficient (Wildman–Crippen LogP) is 2.33. The van der Waals surface area contributed by atoms with Gasteiger partial charge >= 0.3 is 0 Å². The van der Waals surface area contributed by atoms with Gasteiger partial charge in [0.15, 0.2) is 0 Å². The van der Waals surface area contributed by atoms with E-state index < -0.39 is 0 Å². The van der Waals surface area contributed by atoms with Gasteiger partial charge in [0.25, 0.3) is 0 Å². The third kappa shape index (κ3) is 2.61. The summed E-state index contributed by atoms with van der Waals surface area (Å²) < 4.78 is 1.67. The minimum absolute atomic E-state index is 0.555. The summed E-state index contributed by atoms with van der Waals surface area (Å²) in [5.74, 6) is 0. The molecule has 0 saturated carbocycles. The number of nitrogens with zero attached hydrogens (tertiary/aromatic N) is 3. The van der Waals surface area contributed by atoms with Crippen LogP contribution >= 0.6 is 23.2 Å². The second kappa shape index (κ2) is 4.51. The zero-order chi connectivity index (χ0) is 10.7. The number of hydrogen-bond acceptors (Lipinski definition) is 3. The Hall–Kier alpha value is -1.26. The molecule has 1 N–H and O–H groups in total. The Balaban J connectivity index is 2.02. The van der Waals surface area contributed by atoms with Crippen molar-refractivity contribution in [2.75, 3.05) is 5.43 Å². The average Bonchev–Trinajstić information content (AvgIpc) is 2.73. The molecule has 0 bridgehead atoms. The highest BCUT2D eigenvalue weighted by atomic mass is 35.5. The highest BCUT2D eigenvalue weighted by Gasteiger charge is 1.99. The second-order valence-corrected chi connectivity index (χ2v) is 3.77. The Kier molecular flexibility index (Phi) is 3.08. The van der Waals surface area contributed by atoms with E-state index in [0.29, 0.717) is 16.6 Å². The van der Waals surface area contributed by atoms with Gasteiger partial charge in [-0.2, -0.15) is 0 Å². The van der Waals surface area contributed by atoms with Gasteiger partial charge in [0.05, 0.1) is 16.6 Å². The Morgan fingerprint density at radius 1 is 1.13 bits per heavy atom. The van der Waals surface area contributed by atoms with E-state index in [1.165, 1.54) is 0 Å². The van der Waals surface area contributed by atoms with Crippen molar-refractivity contribution in [1.82, 2.24) is 14.9 Å². The molecule has 0 aliphatic heterocycles. The number of benzene rings is 1. The van der Waals surface area contributed by atoms with Crippen LogP contribution in [0.25, 0.3) is 0 Å². The largest absolute Gasteiger partial charge is 0.319 e. The van der Waals surface area contributed by atoms with Crippen LogP contribution in [0.4, 0.5) is 0 Å². The molecule has 0 fully saturated rings. The SMILES string of the molecule is Clc1ccc(CNn2cnnc2)cc1Cl. The first-order valence-corrected chi connectivity index (χ1v) is 5.04. The molecule has 0 unspecified atom stereocenters. The average molecular weight is 243 g/mol. The van der Waals surface area contributed by atoms with Crippen LogP contribution in [0.1, 0.15) is 5.56 Å². The van der Waals surface area contributed by atoms with Crippen LogP contribution in [0.15, 0.2) is 30.9 Å². The van der Waals surface area contributed by atoms with Crippen LogP contribution in [-0.4, -0.2) is 14.9 Å². The third-order valence-corrected chi connectivity index (χ3v) is 2.61. The molecular weight excluding hydrogens is 235 g/mol. The van der Waals surface area contributed by atoms with Gasteiger partial charge in [0, 0.05) is 0 Å². The second-order valence-electron chi connectivity index (χ2n) is 2.95. The molecule has 0 radical (unpaired) electrons. The molecule has 15 heavy (non-hydrogen) atoms. The van der Waals surface area contributed by atoms with Gasteiger partial charge in [-0.3, -0.25) is 0 Å². The van der Waals surface area contributed by atoms with Gasteiger partial charge < -0.3 is 5.43 Å². The summed E-state index contributed by atoms with van der Waals surface area (Å²) in [6.45, 7) is 0.634. The lowest BCUT2D eigenvalue weighted by Gasteiger charge is -2.06. The lowest BCUT2D eigenvalue weighted by atomic mass is 10.2. The minimum atomic E-state index is 0.555. The summed E-state index contributed by atoms with van der Waals surface area (Å²) in [6, 6.07) is 5.50. The van der Waals surface area contributed by atoms with Crippen molar-refractivity contribution in [3.63, 3.8) is 0 Å². The molecule has 0 atom stereocenters. The minimum Gasteiger partial charge on any atom is -0.319 e. The summed E-state index contributed by atoms with van der Waals surface area (Å²) >= 11 is 11.7. The van der Waals surface area contributed by atoms with E-state index in [1.54, 1.807) is 23.4 Å². The van der Waals surface area contributed by atoms with Crippen LogP contribution in [0.3, 0.4) is 0 Å². The fourth-order valence-electron chi connectivity index (χ4n) is 1.11. The van der Waals surface area contributed by atoms with Crippen molar-refractivity contribution >= 4 is 23.2 Å². The molecule has 2 rings (SSSR count). The first-order chi connectivity index (χ1) is 7.25. The topological polar surface area (TPSA) is 42.7 Å². The quantitative estimate of drug-likeness (QED) is 0.899. The third-order valence-electron chi connectivity index (χ3n) is 1.87. The maximum atomic E-state index is 5.88. The Morgan fingerprint density at radius 3 is 2.53 bits per heavy atom. The van der Waals surface area contributed by atoms with Gasteiger partial charge in [-0.05, 0) is 17.7 Å². The van der Waals surface area contributed by atoms with E-state index in [9.17, 15) is 0 Å². The fraction of sp³-hybridized carbons (Fsp3) is 0.111. The van der Waals surface area contributed by atoms with Crippen molar-refractivity contribution < 1.29 is 0 Å². The first-order valence-electron chi connectivity index (χ1n) is 4.28. The van der Waals surface area contributed by atoms with E-state index in [0.717, 1.165) is 5.56 Å². The molecule has 0 aliphatic carbocycles. The molecule has 6 heteroatoms. The number of aromatic nitrogens is 3.